The molecule has 0 saturated carbocycles. The number of hydrogen-bond acceptors (Lipinski definition) is 1. The molecule has 51 heavy (non-hydrogen) atoms. The van der Waals surface area contributed by atoms with Gasteiger partial charge >= 0.3 is 0 Å². The van der Waals surface area contributed by atoms with Crippen molar-refractivity contribution in [3.63, 3.8) is 0 Å². The zero-order chi connectivity index (χ0) is 36.1. The Balaban J connectivity index is 1.39. The fraction of sp³-hybridized carbons (Fsp3) is 0.280. The van der Waals surface area contributed by atoms with Crippen LogP contribution in [0.4, 0.5) is 17.1 Å². The molecule has 256 valence electrons. The quantitative estimate of drug-likeness (QED) is 0.181. The lowest BCUT2D eigenvalue weighted by Crippen LogP contribution is -2.21. The summed E-state index contributed by atoms with van der Waals surface area (Å²) in [4.78, 5) is 2.47. The first-order valence-corrected chi connectivity index (χ1v) is 18.6. The van der Waals surface area contributed by atoms with Gasteiger partial charge in [0.2, 0.25) is 0 Å². The highest BCUT2D eigenvalue weighted by Crippen LogP contribution is 2.57. The molecule has 1 heteroatoms. The van der Waals surface area contributed by atoms with Crippen LogP contribution in [-0.4, -0.2) is 0 Å². The predicted molar refractivity (Wildman–Crippen MR) is 219 cm³/mol. The van der Waals surface area contributed by atoms with Gasteiger partial charge in [0.1, 0.15) is 0 Å². The van der Waals surface area contributed by atoms with E-state index in [2.05, 4.69) is 202 Å². The number of benzene rings is 6. The molecule has 0 aromatic heterocycles. The van der Waals surface area contributed by atoms with Crippen molar-refractivity contribution in [2.75, 3.05) is 4.90 Å². The highest BCUT2D eigenvalue weighted by Gasteiger charge is 2.42. The maximum absolute atomic E-state index is 2.51. The van der Waals surface area contributed by atoms with Gasteiger partial charge in [-0.1, -0.05) is 166 Å². The minimum absolute atomic E-state index is 0.0276. The molecule has 0 fully saturated rings. The van der Waals surface area contributed by atoms with E-state index in [-0.39, 0.29) is 21.7 Å². The second kappa shape index (κ2) is 11.3. The van der Waals surface area contributed by atoms with Gasteiger partial charge in [-0.2, -0.15) is 0 Å². The van der Waals surface area contributed by atoms with E-state index in [0.29, 0.717) is 0 Å². The molecule has 0 saturated heterocycles. The van der Waals surface area contributed by atoms with Gasteiger partial charge in [0, 0.05) is 27.8 Å². The van der Waals surface area contributed by atoms with Crippen LogP contribution in [0.2, 0.25) is 0 Å². The van der Waals surface area contributed by atoms with E-state index < -0.39 is 0 Å². The molecule has 8 rings (SSSR count). The second-order valence-corrected chi connectivity index (χ2v) is 17.9. The van der Waals surface area contributed by atoms with Crippen LogP contribution < -0.4 is 4.90 Å². The van der Waals surface area contributed by atoms with Crippen molar-refractivity contribution in [2.45, 2.75) is 90.9 Å². The van der Waals surface area contributed by atoms with Crippen molar-refractivity contribution >= 4 is 17.1 Å². The Morgan fingerprint density at radius 3 is 1.71 bits per heavy atom. The van der Waals surface area contributed by atoms with E-state index >= 15 is 0 Å². The molecular weight excluding hydrogens is 615 g/mol. The first-order valence-electron chi connectivity index (χ1n) is 18.6. The smallest absolute Gasteiger partial charge is 0.0540 e. The Bertz CT molecular complexity index is 2320. The van der Waals surface area contributed by atoms with Gasteiger partial charge in [0.05, 0.1) is 5.69 Å². The average Bonchev–Trinajstić information content (AvgIpc) is 3.47. The Hall–Kier alpha value is -4.88. The molecule has 0 unspecified atom stereocenters. The molecule has 6 aromatic carbocycles. The Morgan fingerprint density at radius 1 is 0.412 bits per heavy atom. The van der Waals surface area contributed by atoms with Crippen LogP contribution in [0.5, 0.6) is 0 Å². The Labute approximate surface area is 306 Å². The maximum Gasteiger partial charge on any atom is 0.0540 e. The Kier molecular flexibility index (Phi) is 7.38. The van der Waals surface area contributed by atoms with Crippen LogP contribution in [0.1, 0.15) is 103 Å². The molecule has 2 aliphatic carbocycles. The Morgan fingerprint density at radius 2 is 1.00 bits per heavy atom. The molecule has 0 atom stereocenters. The number of anilines is 3. The van der Waals surface area contributed by atoms with Gasteiger partial charge in [0.25, 0.3) is 0 Å². The molecular formula is C50H51N. The second-order valence-electron chi connectivity index (χ2n) is 17.9. The third kappa shape index (κ3) is 5.11. The van der Waals surface area contributed by atoms with Gasteiger partial charge in [-0.3, -0.25) is 0 Å². The van der Waals surface area contributed by atoms with Crippen molar-refractivity contribution in [1.82, 2.24) is 0 Å². The molecule has 0 amide bonds. The summed E-state index contributed by atoms with van der Waals surface area (Å²) in [6, 6.07) is 48.0. The van der Waals surface area contributed by atoms with Gasteiger partial charge in [-0.25, -0.2) is 0 Å². The fourth-order valence-electron chi connectivity index (χ4n) is 8.89. The molecule has 1 nitrogen and oxygen atoms in total. The van der Waals surface area contributed by atoms with Crippen molar-refractivity contribution < 1.29 is 0 Å². The van der Waals surface area contributed by atoms with Crippen molar-refractivity contribution in [3.8, 4) is 33.4 Å². The third-order valence-electron chi connectivity index (χ3n) is 11.7. The molecule has 0 heterocycles. The zero-order valence-electron chi connectivity index (χ0n) is 32.1. The predicted octanol–water partition coefficient (Wildman–Crippen LogP) is 14.0. The topological polar surface area (TPSA) is 3.24 Å². The minimum Gasteiger partial charge on any atom is -0.310 e. The average molecular weight is 666 g/mol. The summed E-state index contributed by atoms with van der Waals surface area (Å²) in [6.45, 7) is 23.7. The highest BCUT2D eigenvalue weighted by molar-refractivity contribution is 5.99. The lowest BCUT2D eigenvalue weighted by molar-refractivity contribution is 0.564. The SMILES string of the molecule is CC(C)(C)c1cc(C(C)(C)C)c2c(c1)C(C)(C)c1cccc(-c3ccccc3N(c3ccccc3)c3ccc4c(c3)-c3ccccc3C4(C)C)c1-2. The maximum atomic E-state index is 2.51. The van der Waals surface area contributed by atoms with Gasteiger partial charge in [-0.05, 0) is 102 Å². The van der Waals surface area contributed by atoms with Crippen molar-refractivity contribution in [2.24, 2.45) is 0 Å². The highest BCUT2D eigenvalue weighted by atomic mass is 15.1. The van der Waals surface area contributed by atoms with Crippen LogP contribution >= 0.6 is 0 Å². The van der Waals surface area contributed by atoms with Gasteiger partial charge < -0.3 is 4.90 Å². The van der Waals surface area contributed by atoms with Crippen LogP contribution in [0.15, 0.2) is 127 Å². The fourth-order valence-corrected chi connectivity index (χ4v) is 8.89. The number of hydrogen-bond donors (Lipinski definition) is 0. The van der Waals surface area contributed by atoms with E-state index in [1.807, 2.05) is 0 Å². The van der Waals surface area contributed by atoms with Crippen molar-refractivity contribution in [1.29, 1.82) is 0 Å². The zero-order valence-corrected chi connectivity index (χ0v) is 32.1. The van der Waals surface area contributed by atoms with Gasteiger partial charge in [-0.15, -0.1) is 0 Å². The van der Waals surface area contributed by atoms with Crippen LogP contribution in [0.25, 0.3) is 33.4 Å². The number of rotatable bonds is 4. The van der Waals surface area contributed by atoms with E-state index in [4.69, 9.17) is 0 Å². The van der Waals surface area contributed by atoms with Crippen LogP contribution in [0.3, 0.4) is 0 Å². The van der Waals surface area contributed by atoms with Crippen molar-refractivity contribution in [3.05, 3.63) is 161 Å². The molecule has 0 spiro atoms. The normalized spacial score (nSPS) is 15.2. The van der Waals surface area contributed by atoms with E-state index in [1.165, 1.54) is 78.1 Å². The molecule has 0 radical (unpaired) electrons. The number of fused-ring (bicyclic) bond motifs is 6. The largest absolute Gasteiger partial charge is 0.310 e. The summed E-state index contributed by atoms with van der Waals surface area (Å²) in [5, 5.41) is 0. The number of nitrogens with zero attached hydrogens (tertiary/aromatic N) is 1. The lowest BCUT2D eigenvalue weighted by Gasteiger charge is -2.31. The monoisotopic (exact) mass is 665 g/mol. The van der Waals surface area contributed by atoms with E-state index in [1.54, 1.807) is 0 Å². The van der Waals surface area contributed by atoms with E-state index in [9.17, 15) is 0 Å². The molecule has 0 aliphatic heterocycles. The standard InChI is InChI=1S/C50H51N/c1-47(2,3)32-29-42(48(4,5)6)46-43(30-32)50(9,10)41-25-18-23-37(45(41)46)36-22-15-17-26-44(36)51(33-19-12-11-13-20-33)34-27-28-40-38(31-34)35-21-14-16-24-39(35)49(40,7)8/h11-31H,1-10H3. The summed E-state index contributed by atoms with van der Waals surface area (Å²) >= 11 is 0. The lowest BCUT2D eigenvalue weighted by atomic mass is 9.74. The van der Waals surface area contributed by atoms with E-state index in [0.717, 1.165) is 5.69 Å². The molecule has 0 N–H and O–H groups in total. The summed E-state index contributed by atoms with van der Waals surface area (Å²) in [5.41, 5.74) is 19.8. The van der Waals surface area contributed by atoms with Crippen LogP contribution in [0, 0.1) is 0 Å². The van der Waals surface area contributed by atoms with Gasteiger partial charge in [0.15, 0.2) is 0 Å². The third-order valence-corrected chi connectivity index (χ3v) is 11.7. The first-order chi connectivity index (χ1) is 24.1. The summed E-state index contributed by atoms with van der Waals surface area (Å²) in [5.74, 6) is 0. The first kappa shape index (κ1) is 33.3. The molecule has 2 aliphatic rings. The summed E-state index contributed by atoms with van der Waals surface area (Å²) in [6.07, 6.45) is 0. The summed E-state index contributed by atoms with van der Waals surface area (Å²) in [7, 11) is 0. The van der Waals surface area contributed by atoms with Crippen LogP contribution in [-0.2, 0) is 21.7 Å². The molecule has 6 aromatic rings. The molecule has 0 bridgehead atoms. The summed E-state index contributed by atoms with van der Waals surface area (Å²) < 4.78 is 0. The minimum atomic E-state index is -0.129. The number of para-hydroxylation sites is 2.